The molecule has 0 aliphatic heterocycles. The fraction of sp³-hybridized carbons (Fsp3) is 0.800. The van der Waals surface area contributed by atoms with Gasteiger partial charge in [0, 0.05) is 16.4 Å². The Bertz CT molecular complexity index is 1270. The van der Waals surface area contributed by atoms with E-state index in [1.165, 1.54) is 0 Å². The molecule has 2 aliphatic rings. The second-order valence-corrected chi connectivity index (χ2v) is 18.0. The van der Waals surface area contributed by atoms with Crippen LogP contribution in [0.25, 0.3) is 0 Å². The van der Waals surface area contributed by atoms with Crippen molar-refractivity contribution in [2.24, 2.45) is 33.0 Å². The third kappa shape index (κ3) is 7.29. The zero-order valence-electron chi connectivity index (χ0n) is 28.6. The average Bonchev–Trinajstić information content (AvgIpc) is 2.86. The van der Waals surface area contributed by atoms with Crippen molar-refractivity contribution in [2.75, 3.05) is 5.75 Å². The van der Waals surface area contributed by atoms with E-state index in [1.807, 2.05) is 26.8 Å². The fourth-order valence-electron chi connectivity index (χ4n) is 8.07. The molecular formula is C35H58N2O4S. The Balaban J connectivity index is 2.57. The molecule has 0 aromatic carbocycles. The topological polar surface area (TPSA) is 104 Å². The van der Waals surface area contributed by atoms with E-state index >= 15 is 0 Å². The smallest absolute Gasteiger partial charge is 0.211 e. The van der Waals surface area contributed by atoms with E-state index in [0.29, 0.717) is 6.42 Å². The summed E-state index contributed by atoms with van der Waals surface area (Å²) in [5, 5.41) is 9.90. The van der Waals surface area contributed by atoms with Crippen LogP contribution in [0.15, 0.2) is 23.3 Å². The number of allylic oxidation sites excluding steroid dienone is 4. The molecule has 2 rings (SSSR count). The van der Waals surface area contributed by atoms with Gasteiger partial charge in [-0.25, -0.2) is 13.1 Å². The van der Waals surface area contributed by atoms with Crippen LogP contribution in [0.5, 0.6) is 0 Å². The van der Waals surface area contributed by atoms with E-state index in [0.717, 1.165) is 50.5 Å². The molecule has 42 heavy (non-hydrogen) atoms. The summed E-state index contributed by atoms with van der Waals surface area (Å²) in [6.07, 6.45) is 10.4. The molecule has 0 unspecified atom stereocenters. The van der Waals surface area contributed by atoms with Crippen molar-refractivity contribution in [1.82, 2.24) is 4.72 Å². The highest BCUT2D eigenvalue weighted by molar-refractivity contribution is 7.89. The van der Waals surface area contributed by atoms with E-state index in [1.54, 1.807) is 19.9 Å². The maximum atomic E-state index is 13.3. The molecule has 0 heterocycles. The fourth-order valence-corrected chi connectivity index (χ4v) is 9.17. The first-order valence-electron chi connectivity index (χ1n) is 15.9. The molecule has 7 heteroatoms. The molecule has 0 aromatic heterocycles. The Morgan fingerprint density at radius 2 is 1.62 bits per heavy atom. The van der Waals surface area contributed by atoms with Crippen molar-refractivity contribution in [3.63, 3.8) is 0 Å². The number of hydrogen-bond acceptors (Lipinski definition) is 5. The maximum Gasteiger partial charge on any atom is 0.211 e. The summed E-state index contributed by atoms with van der Waals surface area (Å²) in [6.45, 7) is 24.6. The van der Waals surface area contributed by atoms with Crippen LogP contribution in [0.2, 0.25) is 0 Å². The SMILES string of the molecule is CCCC(C)(C)CC[C@@](C)(CCC(C)(C)[C@]1(C)CC[C@H]2C(C)(C)C(=O)C(C#N)=C[C@]2(C)/C1=C/C(C)=O)NS(=O)(=O)CC. The summed E-state index contributed by atoms with van der Waals surface area (Å²) in [4.78, 5) is 26.0. The Morgan fingerprint density at radius 1 is 1.05 bits per heavy atom. The summed E-state index contributed by atoms with van der Waals surface area (Å²) in [5.41, 5.74) is -1.41. The minimum Gasteiger partial charge on any atom is -0.295 e. The van der Waals surface area contributed by atoms with Gasteiger partial charge in [0.05, 0.1) is 11.3 Å². The highest BCUT2D eigenvalue weighted by Crippen LogP contribution is 2.67. The first kappa shape index (κ1) is 36.4. The number of rotatable bonds is 13. The number of hydrogen-bond donors (Lipinski definition) is 1. The van der Waals surface area contributed by atoms with Gasteiger partial charge in [0.2, 0.25) is 10.0 Å². The second kappa shape index (κ2) is 12.3. The van der Waals surface area contributed by atoms with Crippen molar-refractivity contribution in [3.05, 3.63) is 23.3 Å². The van der Waals surface area contributed by atoms with Gasteiger partial charge in [0.15, 0.2) is 11.6 Å². The Morgan fingerprint density at radius 3 is 2.12 bits per heavy atom. The number of nitriles is 1. The third-order valence-electron chi connectivity index (χ3n) is 11.3. The van der Waals surface area contributed by atoms with Crippen LogP contribution < -0.4 is 4.72 Å². The maximum absolute atomic E-state index is 13.3. The van der Waals surface area contributed by atoms with Crippen LogP contribution in [0.1, 0.15) is 134 Å². The van der Waals surface area contributed by atoms with Gasteiger partial charge in [-0.3, -0.25) is 9.59 Å². The van der Waals surface area contributed by atoms with Crippen LogP contribution in [0.4, 0.5) is 0 Å². The molecule has 0 amide bonds. The minimum absolute atomic E-state index is 0.0356. The lowest BCUT2D eigenvalue weighted by atomic mass is 9.42. The van der Waals surface area contributed by atoms with Gasteiger partial charge in [-0.05, 0) is 94.0 Å². The number of sulfonamides is 1. The van der Waals surface area contributed by atoms with E-state index < -0.39 is 31.8 Å². The summed E-state index contributed by atoms with van der Waals surface area (Å²) < 4.78 is 28.8. The number of Topliss-reactive ketones (excluding diaryl/α,β-unsaturated/α-hetero) is 1. The number of fused-ring (bicyclic) bond motifs is 1. The molecule has 1 saturated carbocycles. The van der Waals surface area contributed by atoms with E-state index in [2.05, 4.69) is 59.3 Å². The number of nitrogens with zero attached hydrogens (tertiary/aromatic N) is 1. The van der Waals surface area contributed by atoms with E-state index in [-0.39, 0.29) is 39.6 Å². The van der Waals surface area contributed by atoms with Crippen LogP contribution in [-0.4, -0.2) is 31.3 Å². The minimum atomic E-state index is -3.42. The highest BCUT2D eigenvalue weighted by Gasteiger charge is 2.61. The molecule has 0 bridgehead atoms. The van der Waals surface area contributed by atoms with Crippen LogP contribution in [0, 0.1) is 44.3 Å². The second-order valence-electron chi connectivity index (χ2n) is 16.0. The summed E-state index contributed by atoms with van der Waals surface area (Å²) in [6, 6.07) is 2.15. The summed E-state index contributed by atoms with van der Waals surface area (Å²) in [7, 11) is -3.42. The van der Waals surface area contributed by atoms with Crippen molar-refractivity contribution in [2.45, 2.75) is 140 Å². The number of nitrogens with one attached hydrogen (secondary N) is 1. The molecule has 0 radical (unpaired) electrons. The molecule has 0 spiro atoms. The Hall–Kier alpha value is -1.78. The van der Waals surface area contributed by atoms with Crippen molar-refractivity contribution < 1.29 is 18.0 Å². The van der Waals surface area contributed by atoms with Crippen LogP contribution in [0.3, 0.4) is 0 Å². The number of carbonyl (C=O) groups is 2. The molecule has 4 atom stereocenters. The lowest BCUT2D eigenvalue weighted by molar-refractivity contribution is -0.131. The molecule has 6 nitrogen and oxygen atoms in total. The molecule has 1 N–H and O–H groups in total. The summed E-state index contributed by atoms with van der Waals surface area (Å²) >= 11 is 0. The van der Waals surface area contributed by atoms with Gasteiger partial charge >= 0.3 is 0 Å². The van der Waals surface area contributed by atoms with Gasteiger partial charge in [0.25, 0.3) is 0 Å². The molecule has 1 fully saturated rings. The van der Waals surface area contributed by atoms with Crippen molar-refractivity contribution >= 4 is 21.6 Å². The first-order valence-corrected chi connectivity index (χ1v) is 17.5. The van der Waals surface area contributed by atoms with Crippen LogP contribution >= 0.6 is 0 Å². The molecule has 238 valence electrons. The normalized spacial score (nSPS) is 28.9. The molecule has 0 aromatic rings. The van der Waals surface area contributed by atoms with Gasteiger partial charge in [-0.1, -0.05) is 80.4 Å². The quantitative estimate of drug-likeness (QED) is 0.215. The van der Waals surface area contributed by atoms with Gasteiger partial charge in [0.1, 0.15) is 6.07 Å². The van der Waals surface area contributed by atoms with Crippen LogP contribution in [-0.2, 0) is 19.6 Å². The van der Waals surface area contributed by atoms with E-state index in [9.17, 15) is 23.3 Å². The third-order valence-corrected chi connectivity index (χ3v) is 12.9. The highest BCUT2D eigenvalue weighted by atomic mass is 32.2. The van der Waals surface area contributed by atoms with Gasteiger partial charge < -0.3 is 0 Å². The van der Waals surface area contributed by atoms with Crippen molar-refractivity contribution in [1.29, 1.82) is 5.26 Å². The van der Waals surface area contributed by atoms with E-state index in [4.69, 9.17) is 0 Å². The Labute approximate surface area is 257 Å². The average molecular weight is 603 g/mol. The predicted octanol–water partition coefficient (Wildman–Crippen LogP) is 8.09. The first-order chi connectivity index (χ1) is 19.0. The zero-order valence-corrected chi connectivity index (χ0v) is 29.4. The monoisotopic (exact) mass is 602 g/mol. The van der Waals surface area contributed by atoms with Crippen molar-refractivity contribution in [3.8, 4) is 6.07 Å². The molecular weight excluding hydrogens is 544 g/mol. The van der Waals surface area contributed by atoms with Gasteiger partial charge in [-0.15, -0.1) is 0 Å². The Kier molecular flexibility index (Phi) is 10.7. The standard InChI is InChI=1S/C35H58N2O4S/c1-13-16-30(4,5)18-20-33(10,37-42(40,41)14-2)21-19-31(6,7)35(12)17-15-27-32(8,9)29(39)26(24-36)23-34(27,11)28(35)22-25(3)38/h22-23,27,37H,13-21H2,1-12H3/b28-22-/t27-,33-,34-,35+/m0/s1. The molecule has 2 aliphatic carbocycles. The summed E-state index contributed by atoms with van der Waals surface area (Å²) in [5.74, 6) is -0.168. The molecule has 0 saturated heterocycles. The van der Waals surface area contributed by atoms with Gasteiger partial charge in [-0.2, -0.15) is 5.26 Å². The largest absolute Gasteiger partial charge is 0.295 e. The predicted molar refractivity (Wildman–Crippen MR) is 172 cm³/mol. The number of ketones is 2. The zero-order chi connectivity index (χ0) is 32.6. The lowest BCUT2D eigenvalue weighted by Gasteiger charge is -2.61. The number of carbonyl (C=O) groups excluding carboxylic acids is 2. The lowest BCUT2D eigenvalue weighted by Crippen LogP contribution is -2.56.